The molecule has 0 aliphatic rings. The third kappa shape index (κ3) is 2.37. The van der Waals surface area contributed by atoms with Gasteiger partial charge in [0, 0.05) is 18.1 Å². The number of aromatic amines is 1. The van der Waals surface area contributed by atoms with Gasteiger partial charge in [0.1, 0.15) is 5.69 Å². The van der Waals surface area contributed by atoms with Gasteiger partial charge in [0.15, 0.2) is 0 Å². The van der Waals surface area contributed by atoms with Crippen molar-refractivity contribution in [1.82, 2.24) is 10.2 Å². The summed E-state index contributed by atoms with van der Waals surface area (Å²) in [6.45, 7) is 0.805. The second kappa shape index (κ2) is 4.21. The maximum atomic E-state index is 13.2. The molecule has 1 aromatic heterocycles. The molecule has 0 amide bonds. The monoisotopic (exact) mass is 252 g/mol. The van der Waals surface area contributed by atoms with Crippen LogP contribution >= 0.6 is 0 Å². The fourth-order valence-corrected chi connectivity index (χ4v) is 1.53. The van der Waals surface area contributed by atoms with Crippen molar-refractivity contribution in [2.24, 2.45) is 0 Å². The molecule has 0 aliphatic carbocycles. The smallest absolute Gasteiger partial charge is 0.353 e. The van der Waals surface area contributed by atoms with Gasteiger partial charge in [-0.3, -0.25) is 5.10 Å². The summed E-state index contributed by atoms with van der Waals surface area (Å²) in [5.41, 5.74) is 0.537. The molecule has 2 rings (SSSR count). The number of nitrogens with one attached hydrogen (secondary N) is 1. The van der Waals surface area contributed by atoms with Gasteiger partial charge in [-0.2, -0.15) is 5.10 Å². The third-order valence-corrected chi connectivity index (χ3v) is 2.47. The first kappa shape index (κ1) is 12.2. The number of carboxylic acid groups (broad SMARTS) is 1. The van der Waals surface area contributed by atoms with Crippen LogP contribution in [-0.2, 0) is 5.92 Å². The lowest BCUT2D eigenvalue weighted by Gasteiger charge is -2.10. The molecule has 4 nitrogen and oxygen atoms in total. The van der Waals surface area contributed by atoms with Gasteiger partial charge < -0.3 is 5.11 Å². The van der Waals surface area contributed by atoms with Crippen molar-refractivity contribution in [3.05, 3.63) is 41.6 Å². The molecule has 0 radical (unpaired) electrons. The second-order valence-corrected chi connectivity index (χ2v) is 3.94. The molecule has 0 spiro atoms. The van der Waals surface area contributed by atoms with E-state index in [-0.39, 0.29) is 11.3 Å². The minimum atomic E-state index is -2.94. The van der Waals surface area contributed by atoms with Gasteiger partial charge in [-0.15, -0.1) is 0 Å². The molecular formula is C12H10F2N2O2. The molecule has 6 heteroatoms. The minimum absolute atomic E-state index is 0.0846. The van der Waals surface area contributed by atoms with Crippen LogP contribution < -0.4 is 0 Å². The lowest BCUT2D eigenvalue weighted by Crippen LogP contribution is -2.06. The van der Waals surface area contributed by atoms with Crippen LogP contribution in [0, 0.1) is 0 Å². The molecule has 94 valence electrons. The number of aromatic carboxylic acids is 1. The van der Waals surface area contributed by atoms with E-state index >= 15 is 0 Å². The van der Waals surface area contributed by atoms with Crippen LogP contribution in [0.1, 0.15) is 23.0 Å². The molecule has 0 unspecified atom stereocenters. The summed E-state index contributed by atoms with van der Waals surface area (Å²) < 4.78 is 26.3. The summed E-state index contributed by atoms with van der Waals surface area (Å²) >= 11 is 0. The number of hydrogen-bond acceptors (Lipinski definition) is 2. The Bertz CT molecular complexity index is 588. The SMILES string of the molecule is CC(F)(F)c1cccc(-c2cc(C(=O)O)[nH]n2)c1. The Labute approximate surface area is 101 Å². The number of carbonyl (C=O) groups is 1. The molecule has 2 N–H and O–H groups in total. The molecule has 0 aliphatic heterocycles. The van der Waals surface area contributed by atoms with Crippen molar-refractivity contribution in [1.29, 1.82) is 0 Å². The van der Waals surface area contributed by atoms with Crippen LogP contribution in [0.4, 0.5) is 8.78 Å². The Hall–Kier alpha value is -2.24. The van der Waals surface area contributed by atoms with Crippen LogP contribution in [0.2, 0.25) is 0 Å². The van der Waals surface area contributed by atoms with Crippen LogP contribution in [-0.4, -0.2) is 21.3 Å². The van der Waals surface area contributed by atoms with Gasteiger partial charge in [-0.1, -0.05) is 18.2 Å². The summed E-state index contributed by atoms with van der Waals surface area (Å²) in [5, 5.41) is 14.8. The molecule has 0 fully saturated rings. The van der Waals surface area contributed by atoms with E-state index in [9.17, 15) is 13.6 Å². The standard InChI is InChI=1S/C12H10F2N2O2/c1-12(13,14)8-4-2-3-7(5-8)9-6-10(11(17)18)16-15-9/h2-6H,1H3,(H,15,16)(H,17,18). The molecule has 0 atom stereocenters. The maximum Gasteiger partial charge on any atom is 0.353 e. The van der Waals surface area contributed by atoms with Gasteiger partial charge in [-0.25, -0.2) is 13.6 Å². The molecule has 0 saturated heterocycles. The van der Waals surface area contributed by atoms with Crippen molar-refractivity contribution in [3.8, 4) is 11.3 Å². The largest absolute Gasteiger partial charge is 0.477 e. The number of alkyl halides is 2. The minimum Gasteiger partial charge on any atom is -0.477 e. The highest BCUT2D eigenvalue weighted by molar-refractivity contribution is 5.86. The average molecular weight is 252 g/mol. The van der Waals surface area contributed by atoms with Crippen LogP contribution in [0.15, 0.2) is 30.3 Å². The van der Waals surface area contributed by atoms with E-state index < -0.39 is 11.9 Å². The molecule has 1 aromatic carbocycles. The van der Waals surface area contributed by atoms with Crippen LogP contribution in [0.5, 0.6) is 0 Å². The Morgan fingerprint density at radius 2 is 2.11 bits per heavy atom. The second-order valence-electron chi connectivity index (χ2n) is 3.94. The third-order valence-electron chi connectivity index (χ3n) is 2.47. The lowest BCUT2D eigenvalue weighted by atomic mass is 10.0. The van der Waals surface area contributed by atoms with Gasteiger partial charge >= 0.3 is 5.97 Å². The Morgan fingerprint density at radius 1 is 1.39 bits per heavy atom. The van der Waals surface area contributed by atoms with E-state index in [1.807, 2.05) is 0 Å². The zero-order valence-electron chi connectivity index (χ0n) is 9.45. The zero-order valence-corrected chi connectivity index (χ0v) is 9.45. The molecule has 0 saturated carbocycles. The summed E-state index contributed by atoms with van der Waals surface area (Å²) in [7, 11) is 0. The Morgan fingerprint density at radius 3 is 2.67 bits per heavy atom. The number of carboxylic acids is 1. The van der Waals surface area contributed by atoms with Gasteiger partial charge in [-0.05, 0) is 12.1 Å². The first-order valence-corrected chi connectivity index (χ1v) is 5.15. The van der Waals surface area contributed by atoms with E-state index in [2.05, 4.69) is 10.2 Å². The van der Waals surface area contributed by atoms with E-state index in [0.717, 1.165) is 6.92 Å². The summed E-state index contributed by atoms with van der Waals surface area (Å²) in [6, 6.07) is 6.99. The molecular weight excluding hydrogens is 242 g/mol. The van der Waals surface area contributed by atoms with Gasteiger partial charge in [0.25, 0.3) is 5.92 Å². The molecule has 1 heterocycles. The van der Waals surface area contributed by atoms with Crippen molar-refractivity contribution < 1.29 is 18.7 Å². The predicted octanol–water partition coefficient (Wildman–Crippen LogP) is 2.89. The quantitative estimate of drug-likeness (QED) is 0.882. The van der Waals surface area contributed by atoms with Gasteiger partial charge in [0.2, 0.25) is 0 Å². The number of hydrogen-bond donors (Lipinski definition) is 2. The Balaban J connectivity index is 2.41. The zero-order chi connectivity index (χ0) is 13.3. The van der Waals surface area contributed by atoms with Crippen LogP contribution in [0.25, 0.3) is 11.3 Å². The molecule has 0 bridgehead atoms. The van der Waals surface area contributed by atoms with Crippen molar-refractivity contribution in [3.63, 3.8) is 0 Å². The van der Waals surface area contributed by atoms with E-state index in [0.29, 0.717) is 11.3 Å². The van der Waals surface area contributed by atoms with E-state index in [1.54, 1.807) is 6.07 Å². The van der Waals surface area contributed by atoms with E-state index in [4.69, 9.17) is 5.11 Å². The van der Waals surface area contributed by atoms with Crippen LogP contribution in [0.3, 0.4) is 0 Å². The fraction of sp³-hybridized carbons (Fsp3) is 0.167. The first-order valence-electron chi connectivity index (χ1n) is 5.15. The van der Waals surface area contributed by atoms with Crippen molar-refractivity contribution >= 4 is 5.97 Å². The van der Waals surface area contributed by atoms with Gasteiger partial charge in [0.05, 0.1) is 5.69 Å². The first-order chi connectivity index (χ1) is 8.38. The number of benzene rings is 1. The van der Waals surface area contributed by atoms with Crippen molar-refractivity contribution in [2.45, 2.75) is 12.8 Å². The van der Waals surface area contributed by atoms with Crippen molar-refractivity contribution in [2.75, 3.05) is 0 Å². The number of halogens is 2. The predicted molar refractivity (Wildman–Crippen MR) is 60.6 cm³/mol. The highest BCUT2D eigenvalue weighted by atomic mass is 19.3. The summed E-state index contributed by atoms with van der Waals surface area (Å²) in [4.78, 5) is 10.7. The molecule has 2 aromatic rings. The number of aromatic nitrogens is 2. The summed E-state index contributed by atoms with van der Waals surface area (Å²) in [6.07, 6.45) is 0. The number of H-pyrrole nitrogens is 1. The highest BCUT2D eigenvalue weighted by Crippen LogP contribution is 2.29. The lowest BCUT2D eigenvalue weighted by molar-refractivity contribution is 0.0175. The summed E-state index contributed by atoms with van der Waals surface area (Å²) in [5.74, 6) is -4.09. The highest BCUT2D eigenvalue weighted by Gasteiger charge is 2.24. The average Bonchev–Trinajstić information content (AvgIpc) is 2.77. The molecule has 18 heavy (non-hydrogen) atoms. The number of rotatable bonds is 3. The maximum absolute atomic E-state index is 13.2. The Kier molecular flexibility index (Phi) is 2.86. The fourth-order valence-electron chi connectivity index (χ4n) is 1.53. The topological polar surface area (TPSA) is 66.0 Å². The normalized spacial score (nSPS) is 11.5. The number of nitrogens with zero attached hydrogens (tertiary/aromatic N) is 1. The van der Waals surface area contributed by atoms with E-state index in [1.165, 1.54) is 24.3 Å².